The van der Waals surface area contributed by atoms with Gasteiger partial charge in [0.15, 0.2) is 0 Å². The van der Waals surface area contributed by atoms with Crippen LogP contribution in [0, 0.1) is 6.92 Å². The van der Waals surface area contributed by atoms with Gasteiger partial charge in [-0.2, -0.15) is 5.10 Å². The number of hydrogen-bond donors (Lipinski definition) is 3. The molecule has 0 saturated heterocycles. The Hall–Kier alpha value is -4.20. The Morgan fingerprint density at radius 3 is 2.52 bits per heavy atom. The molecule has 0 radical (unpaired) electrons. The lowest BCUT2D eigenvalue weighted by atomic mass is 10.1. The van der Waals surface area contributed by atoms with Crippen LogP contribution in [0.2, 0.25) is 0 Å². The predicted octanol–water partition coefficient (Wildman–Crippen LogP) is 2.93. The second-order valence-corrected chi connectivity index (χ2v) is 6.04. The van der Waals surface area contributed by atoms with Gasteiger partial charge >= 0.3 is 11.8 Å². The van der Waals surface area contributed by atoms with Crippen LogP contribution < -0.4 is 16.1 Å². The fraction of sp³-hybridized carbons (Fsp3) is 0.0476. The first-order chi connectivity index (χ1) is 14.0. The summed E-state index contributed by atoms with van der Waals surface area (Å²) in [5, 5.41) is 8.83. The summed E-state index contributed by atoms with van der Waals surface area (Å²) in [4.78, 5) is 36.7. The minimum Gasteiger partial charge on any atom is -0.463 e. The Kier molecular flexibility index (Phi) is 6.16. The van der Waals surface area contributed by atoms with Crippen molar-refractivity contribution in [2.45, 2.75) is 6.92 Å². The summed E-state index contributed by atoms with van der Waals surface area (Å²) in [6.45, 7) is 1.91. The standard InChI is InChI=1S/C21H18N4O4/c1-14-6-4-7-15(12-14)23-19(26)17-9-2-3-10-18(17)24-20(27)21(28)25-22-13-16-8-5-11-29-16/h2-13H,1H3,(H,23,26)(H,24,27)(H,25,28)/b22-13+. The van der Waals surface area contributed by atoms with Gasteiger partial charge in [0.25, 0.3) is 5.91 Å². The van der Waals surface area contributed by atoms with Gasteiger partial charge in [-0.15, -0.1) is 0 Å². The van der Waals surface area contributed by atoms with Crippen molar-refractivity contribution in [3.63, 3.8) is 0 Å². The number of benzene rings is 2. The number of hydrazone groups is 1. The number of nitrogens with one attached hydrogen (secondary N) is 3. The second kappa shape index (κ2) is 9.14. The minimum atomic E-state index is -0.985. The third-order valence-electron chi connectivity index (χ3n) is 3.80. The van der Waals surface area contributed by atoms with Crippen LogP contribution in [-0.2, 0) is 9.59 Å². The summed E-state index contributed by atoms with van der Waals surface area (Å²) >= 11 is 0. The van der Waals surface area contributed by atoms with E-state index in [1.54, 1.807) is 36.4 Å². The molecule has 0 saturated carbocycles. The normalized spacial score (nSPS) is 10.5. The highest BCUT2D eigenvalue weighted by Crippen LogP contribution is 2.18. The Labute approximate surface area is 166 Å². The maximum atomic E-state index is 12.6. The molecule has 0 aliphatic carbocycles. The summed E-state index contributed by atoms with van der Waals surface area (Å²) in [5.74, 6) is -1.94. The van der Waals surface area contributed by atoms with Gasteiger partial charge in [-0.3, -0.25) is 14.4 Å². The summed E-state index contributed by atoms with van der Waals surface area (Å²) in [6.07, 6.45) is 2.71. The molecular formula is C21H18N4O4. The smallest absolute Gasteiger partial charge is 0.329 e. The molecule has 0 fully saturated rings. The van der Waals surface area contributed by atoms with Crippen molar-refractivity contribution in [3.05, 3.63) is 83.8 Å². The third kappa shape index (κ3) is 5.39. The average Bonchev–Trinajstić information content (AvgIpc) is 3.21. The SMILES string of the molecule is Cc1cccc(NC(=O)c2ccccc2NC(=O)C(=O)N/N=C/c2ccco2)c1. The van der Waals surface area contributed by atoms with Crippen LogP contribution in [0.1, 0.15) is 21.7 Å². The van der Waals surface area contributed by atoms with E-state index in [1.807, 2.05) is 25.1 Å². The van der Waals surface area contributed by atoms with Crippen LogP contribution in [0.3, 0.4) is 0 Å². The molecule has 3 amide bonds. The Bertz CT molecular complexity index is 1060. The zero-order valence-electron chi connectivity index (χ0n) is 15.5. The van der Waals surface area contributed by atoms with Crippen LogP contribution in [0.25, 0.3) is 0 Å². The van der Waals surface area contributed by atoms with Gasteiger partial charge in [0, 0.05) is 5.69 Å². The van der Waals surface area contributed by atoms with E-state index in [-0.39, 0.29) is 11.3 Å². The highest BCUT2D eigenvalue weighted by atomic mass is 16.3. The largest absolute Gasteiger partial charge is 0.463 e. The van der Waals surface area contributed by atoms with E-state index in [2.05, 4.69) is 21.2 Å². The number of carbonyl (C=O) groups excluding carboxylic acids is 3. The van der Waals surface area contributed by atoms with Crippen LogP contribution in [0.4, 0.5) is 11.4 Å². The topological polar surface area (TPSA) is 113 Å². The zero-order valence-corrected chi connectivity index (χ0v) is 15.5. The Balaban J connectivity index is 1.65. The van der Waals surface area contributed by atoms with Crippen molar-refractivity contribution in [3.8, 4) is 0 Å². The Morgan fingerprint density at radius 1 is 0.931 bits per heavy atom. The zero-order chi connectivity index (χ0) is 20.6. The highest BCUT2D eigenvalue weighted by molar-refractivity contribution is 6.40. The molecule has 3 rings (SSSR count). The molecule has 8 heteroatoms. The van der Waals surface area contributed by atoms with Gasteiger partial charge in [-0.25, -0.2) is 5.43 Å². The van der Waals surface area contributed by atoms with Gasteiger partial charge in [-0.05, 0) is 48.9 Å². The molecule has 0 unspecified atom stereocenters. The molecule has 0 atom stereocenters. The summed E-state index contributed by atoms with van der Waals surface area (Å²) < 4.78 is 5.02. The van der Waals surface area contributed by atoms with Gasteiger partial charge in [0.2, 0.25) is 0 Å². The summed E-state index contributed by atoms with van der Waals surface area (Å²) in [6, 6.07) is 17.0. The first kappa shape index (κ1) is 19.6. The molecule has 1 aromatic heterocycles. The second-order valence-electron chi connectivity index (χ2n) is 6.04. The van der Waals surface area contributed by atoms with Gasteiger partial charge in [0.1, 0.15) is 5.76 Å². The van der Waals surface area contributed by atoms with Crippen LogP contribution in [-0.4, -0.2) is 23.9 Å². The van der Waals surface area contributed by atoms with Gasteiger partial charge < -0.3 is 15.1 Å². The van der Waals surface area contributed by atoms with Crippen molar-refractivity contribution in [1.29, 1.82) is 0 Å². The Morgan fingerprint density at radius 2 is 1.76 bits per heavy atom. The van der Waals surface area contributed by atoms with E-state index in [4.69, 9.17) is 4.42 Å². The number of nitrogens with zero attached hydrogens (tertiary/aromatic N) is 1. The van der Waals surface area contributed by atoms with Gasteiger partial charge in [-0.1, -0.05) is 24.3 Å². The van der Waals surface area contributed by atoms with Crippen molar-refractivity contribution in [2.75, 3.05) is 10.6 Å². The minimum absolute atomic E-state index is 0.202. The van der Waals surface area contributed by atoms with E-state index in [0.717, 1.165) is 5.56 Å². The van der Waals surface area contributed by atoms with Crippen LogP contribution >= 0.6 is 0 Å². The fourth-order valence-electron chi connectivity index (χ4n) is 2.46. The maximum Gasteiger partial charge on any atom is 0.329 e. The lowest BCUT2D eigenvalue weighted by Crippen LogP contribution is -2.33. The number of rotatable bonds is 5. The maximum absolute atomic E-state index is 12.6. The number of anilines is 2. The van der Waals surface area contributed by atoms with E-state index < -0.39 is 17.7 Å². The quantitative estimate of drug-likeness (QED) is 0.353. The first-order valence-corrected chi connectivity index (χ1v) is 8.68. The molecule has 0 spiro atoms. The summed E-state index contributed by atoms with van der Waals surface area (Å²) in [7, 11) is 0. The number of amides is 3. The molecule has 3 N–H and O–H groups in total. The van der Waals surface area contributed by atoms with Crippen molar-refractivity contribution in [2.24, 2.45) is 5.10 Å². The van der Waals surface area contributed by atoms with Crippen molar-refractivity contribution in [1.82, 2.24) is 5.43 Å². The highest BCUT2D eigenvalue weighted by Gasteiger charge is 2.17. The molecule has 29 heavy (non-hydrogen) atoms. The van der Waals surface area contributed by atoms with E-state index >= 15 is 0 Å². The average molecular weight is 390 g/mol. The molecule has 3 aromatic rings. The number of hydrogen-bond acceptors (Lipinski definition) is 5. The number of furan rings is 1. The third-order valence-corrected chi connectivity index (χ3v) is 3.80. The van der Waals surface area contributed by atoms with Crippen molar-refractivity contribution >= 4 is 35.3 Å². The molecular weight excluding hydrogens is 372 g/mol. The van der Waals surface area contributed by atoms with E-state index in [1.165, 1.54) is 18.5 Å². The van der Waals surface area contributed by atoms with E-state index in [0.29, 0.717) is 11.4 Å². The lowest BCUT2D eigenvalue weighted by molar-refractivity contribution is -0.136. The molecule has 146 valence electrons. The molecule has 2 aromatic carbocycles. The number of aryl methyl sites for hydroxylation is 1. The molecule has 0 bridgehead atoms. The molecule has 8 nitrogen and oxygen atoms in total. The monoisotopic (exact) mass is 390 g/mol. The van der Waals surface area contributed by atoms with E-state index in [9.17, 15) is 14.4 Å². The van der Waals surface area contributed by atoms with Crippen LogP contribution in [0.5, 0.6) is 0 Å². The fourth-order valence-corrected chi connectivity index (χ4v) is 2.46. The van der Waals surface area contributed by atoms with Gasteiger partial charge in [0.05, 0.1) is 23.7 Å². The number of para-hydroxylation sites is 1. The summed E-state index contributed by atoms with van der Waals surface area (Å²) in [5.41, 5.74) is 4.13. The molecule has 0 aliphatic rings. The molecule has 0 aliphatic heterocycles. The van der Waals surface area contributed by atoms with Crippen LogP contribution in [0.15, 0.2) is 76.4 Å². The molecule has 1 heterocycles. The predicted molar refractivity (Wildman–Crippen MR) is 109 cm³/mol. The van der Waals surface area contributed by atoms with Crippen molar-refractivity contribution < 1.29 is 18.8 Å². The number of carbonyl (C=O) groups is 3. The lowest BCUT2D eigenvalue weighted by Gasteiger charge is -2.11. The first-order valence-electron chi connectivity index (χ1n) is 8.68.